The quantitative estimate of drug-likeness (QED) is 0.800. The topological polar surface area (TPSA) is 30.7 Å². The minimum atomic E-state index is -0.103. The van der Waals surface area contributed by atoms with Crippen LogP contribution in [0.3, 0.4) is 0 Å². The molecular formula is C13H18ClN3S. The van der Waals surface area contributed by atoms with E-state index in [0.717, 1.165) is 29.2 Å². The van der Waals surface area contributed by atoms with Gasteiger partial charge in [-0.15, -0.1) is 11.6 Å². The fraction of sp³-hybridized carbons (Fsp3) is 0.538. The molecule has 0 aromatic carbocycles. The summed E-state index contributed by atoms with van der Waals surface area (Å²) >= 11 is 8.07. The molecule has 0 N–H and O–H groups in total. The first-order valence-electron chi connectivity index (χ1n) is 6.03. The van der Waals surface area contributed by atoms with Gasteiger partial charge in [-0.3, -0.25) is 0 Å². The molecule has 0 saturated heterocycles. The molecule has 2 unspecified atom stereocenters. The predicted octanol–water partition coefficient (Wildman–Crippen LogP) is 3.79. The third-order valence-corrected chi connectivity index (χ3v) is 4.11. The summed E-state index contributed by atoms with van der Waals surface area (Å²) in [4.78, 5) is 9.20. The van der Waals surface area contributed by atoms with Crippen molar-refractivity contribution in [3.8, 4) is 0 Å². The highest BCUT2D eigenvalue weighted by molar-refractivity contribution is 7.99. The van der Waals surface area contributed by atoms with Gasteiger partial charge in [0.1, 0.15) is 11.3 Å². The van der Waals surface area contributed by atoms with Gasteiger partial charge >= 0.3 is 0 Å². The molecular weight excluding hydrogens is 266 g/mol. The molecule has 0 radical (unpaired) electrons. The molecule has 18 heavy (non-hydrogen) atoms. The molecule has 0 aliphatic rings. The van der Waals surface area contributed by atoms with Gasteiger partial charge in [-0.2, -0.15) is 11.8 Å². The second-order valence-electron chi connectivity index (χ2n) is 4.54. The zero-order valence-corrected chi connectivity index (χ0v) is 12.7. The van der Waals surface area contributed by atoms with Gasteiger partial charge in [0.25, 0.3) is 0 Å². The van der Waals surface area contributed by atoms with Crippen LogP contribution in [0.4, 0.5) is 0 Å². The molecule has 0 aliphatic carbocycles. The van der Waals surface area contributed by atoms with Gasteiger partial charge in [0.05, 0.1) is 5.38 Å². The van der Waals surface area contributed by atoms with E-state index >= 15 is 0 Å². The van der Waals surface area contributed by atoms with E-state index in [1.165, 1.54) is 0 Å². The highest BCUT2D eigenvalue weighted by Gasteiger charge is 2.17. The van der Waals surface area contributed by atoms with E-state index < -0.39 is 0 Å². The number of thioether (sulfide) groups is 1. The molecule has 0 aliphatic heterocycles. The van der Waals surface area contributed by atoms with Crippen LogP contribution in [0.2, 0.25) is 0 Å². The van der Waals surface area contributed by atoms with E-state index in [9.17, 15) is 0 Å². The maximum atomic E-state index is 6.23. The fourth-order valence-corrected chi connectivity index (χ4v) is 2.39. The first-order chi connectivity index (χ1) is 8.52. The Morgan fingerprint density at radius 2 is 2.06 bits per heavy atom. The van der Waals surface area contributed by atoms with Crippen molar-refractivity contribution in [2.75, 3.05) is 6.26 Å². The molecule has 0 saturated carbocycles. The smallest absolute Gasteiger partial charge is 0.160 e. The summed E-state index contributed by atoms with van der Waals surface area (Å²) in [5.74, 6) is 0.908. The average molecular weight is 284 g/mol. The van der Waals surface area contributed by atoms with E-state index in [0.29, 0.717) is 5.25 Å². The third-order valence-electron chi connectivity index (χ3n) is 2.96. The number of hydrogen-bond acceptors (Lipinski definition) is 3. The van der Waals surface area contributed by atoms with E-state index in [1.54, 1.807) is 0 Å². The van der Waals surface area contributed by atoms with Crippen LogP contribution in [-0.4, -0.2) is 26.0 Å². The van der Waals surface area contributed by atoms with Crippen molar-refractivity contribution in [2.45, 2.75) is 37.9 Å². The van der Waals surface area contributed by atoms with Gasteiger partial charge in [-0.1, -0.05) is 6.92 Å². The van der Waals surface area contributed by atoms with Crippen LogP contribution in [0.5, 0.6) is 0 Å². The lowest BCUT2D eigenvalue weighted by Crippen LogP contribution is -2.13. The Kier molecular flexibility index (Phi) is 4.17. The van der Waals surface area contributed by atoms with Crippen LogP contribution >= 0.6 is 23.4 Å². The molecule has 98 valence electrons. The van der Waals surface area contributed by atoms with Crippen LogP contribution in [0.1, 0.15) is 30.7 Å². The molecule has 0 bridgehead atoms. The lowest BCUT2D eigenvalue weighted by Gasteiger charge is -2.13. The molecule has 2 heterocycles. The van der Waals surface area contributed by atoms with Crippen molar-refractivity contribution in [3.63, 3.8) is 0 Å². The number of pyridine rings is 1. The molecule has 2 aromatic heterocycles. The Hall–Kier alpha value is -0.740. The Morgan fingerprint density at radius 3 is 2.67 bits per heavy atom. The summed E-state index contributed by atoms with van der Waals surface area (Å²) in [6.45, 7) is 7.05. The monoisotopic (exact) mass is 283 g/mol. The van der Waals surface area contributed by atoms with Crippen LogP contribution < -0.4 is 0 Å². The first kappa shape index (κ1) is 13.7. The van der Waals surface area contributed by atoms with E-state index in [4.69, 9.17) is 11.6 Å². The van der Waals surface area contributed by atoms with Crippen molar-refractivity contribution in [2.24, 2.45) is 0 Å². The zero-order valence-electron chi connectivity index (χ0n) is 11.1. The molecule has 2 atom stereocenters. The van der Waals surface area contributed by atoms with E-state index in [1.807, 2.05) is 37.7 Å². The molecule has 3 nitrogen and oxygen atoms in total. The summed E-state index contributed by atoms with van der Waals surface area (Å²) in [5, 5.41) is 0.410. The first-order valence-corrected chi connectivity index (χ1v) is 7.76. The highest BCUT2D eigenvalue weighted by Crippen LogP contribution is 2.25. The maximum absolute atomic E-state index is 6.23. The Morgan fingerprint density at radius 1 is 1.33 bits per heavy atom. The largest absolute Gasteiger partial charge is 0.310 e. The summed E-state index contributed by atoms with van der Waals surface area (Å²) in [6.07, 6.45) is 2.12. The molecule has 0 spiro atoms. The number of halogens is 1. The Labute approximate surface area is 117 Å². The average Bonchev–Trinajstić information content (AvgIpc) is 2.67. The van der Waals surface area contributed by atoms with Crippen LogP contribution in [0.25, 0.3) is 11.2 Å². The molecule has 0 fully saturated rings. The van der Waals surface area contributed by atoms with Gasteiger partial charge in [-0.25, -0.2) is 9.97 Å². The van der Waals surface area contributed by atoms with Crippen molar-refractivity contribution in [1.82, 2.24) is 14.5 Å². The summed E-state index contributed by atoms with van der Waals surface area (Å²) in [5.41, 5.74) is 2.88. The lowest BCUT2D eigenvalue weighted by molar-refractivity contribution is 0.660. The molecule has 5 heteroatoms. The normalized spacial score (nSPS) is 14.9. The number of rotatable bonds is 4. The van der Waals surface area contributed by atoms with E-state index in [2.05, 4.69) is 27.7 Å². The van der Waals surface area contributed by atoms with Gasteiger partial charge in [0.15, 0.2) is 5.65 Å². The Bertz CT molecular complexity index is 550. The highest BCUT2D eigenvalue weighted by atomic mass is 35.5. The van der Waals surface area contributed by atoms with Gasteiger partial charge < -0.3 is 4.57 Å². The number of hydrogen-bond donors (Lipinski definition) is 0. The predicted molar refractivity (Wildman–Crippen MR) is 79.5 cm³/mol. The molecule has 2 aromatic rings. The van der Waals surface area contributed by atoms with Crippen molar-refractivity contribution < 1.29 is 0 Å². The SMILES string of the molecule is CSC(C)Cn1c(C(C)Cl)nc2ccc(C)nc21. The molecule has 2 rings (SSSR count). The zero-order chi connectivity index (χ0) is 13.3. The summed E-state index contributed by atoms with van der Waals surface area (Å²) < 4.78 is 2.15. The fourth-order valence-electron chi connectivity index (χ4n) is 1.93. The van der Waals surface area contributed by atoms with Crippen molar-refractivity contribution in [1.29, 1.82) is 0 Å². The number of alkyl halides is 1. The molecule has 0 amide bonds. The summed E-state index contributed by atoms with van der Waals surface area (Å²) in [6, 6.07) is 4.00. The minimum Gasteiger partial charge on any atom is -0.310 e. The van der Waals surface area contributed by atoms with Crippen LogP contribution in [-0.2, 0) is 6.54 Å². The standard InChI is InChI=1S/C13H18ClN3S/c1-8-5-6-11-13(15-8)17(7-9(2)18-4)12(16-11)10(3)14/h5-6,9-10H,7H2,1-4H3. The van der Waals surface area contributed by atoms with Crippen LogP contribution in [0.15, 0.2) is 12.1 Å². The number of nitrogens with zero attached hydrogens (tertiary/aromatic N) is 3. The van der Waals surface area contributed by atoms with Gasteiger partial charge in [0.2, 0.25) is 0 Å². The van der Waals surface area contributed by atoms with E-state index in [-0.39, 0.29) is 5.38 Å². The third kappa shape index (κ3) is 2.64. The number of aryl methyl sites for hydroxylation is 1. The second kappa shape index (κ2) is 5.49. The number of fused-ring (bicyclic) bond motifs is 1. The van der Waals surface area contributed by atoms with Gasteiger partial charge in [0, 0.05) is 17.5 Å². The number of aromatic nitrogens is 3. The minimum absolute atomic E-state index is 0.103. The summed E-state index contributed by atoms with van der Waals surface area (Å²) in [7, 11) is 0. The second-order valence-corrected chi connectivity index (χ2v) is 6.47. The van der Waals surface area contributed by atoms with Gasteiger partial charge in [-0.05, 0) is 32.2 Å². The van der Waals surface area contributed by atoms with Crippen molar-refractivity contribution in [3.05, 3.63) is 23.7 Å². The lowest BCUT2D eigenvalue weighted by atomic mass is 10.3. The maximum Gasteiger partial charge on any atom is 0.160 e. The van der Waals surface area contributed by atoms with Crippen molar-refractivity contribution >= 4 is 34.5 Å². The number of imidazole rings is 1. The Balaban J connectivity index is 2.57. The van der Waals surface area contributed by atoms with Crippen LogP contribution in [0, 0.1) is 6.92 Å².